The normalized spacial score (nSPS) is 8.18. The van der Waals surface area contributed by atoms with Gasteiger partial charge in [0.05, 0.1) is 20.3 Å². The molecule has 0 unspecified atom stereocenters. The van der Waals surface area contributed by atoms with Crippen LogP contribution < -0.4 is 9.47 Å². The van der Waals surface area contributed by atoms with Gasteiger partial charge in [0, 0.05) is 0 Å². The topological polar surface area (TPSA) is 18.5 Å². The molecule has 0 fully saturated rings. The molecule has 0 spiro atoms. The summed E-state index contributed by atoms with van der Waals surface area (Å²) in [5, 5.41) is 0. The number of hydrogen-bond donors (Lipinski definition) is 0. The van der Waals surface area contributed by atoms with Crippen LogP contribution in [-0.4, -0.2) is 40.4 Å². The SMILES string of the molecule is COc1[c]c(OC)ccc1.[BiH3]. The minimum absolute atomic E-state index is 0. The molecule has 1 radical (unpaired) electrons. The molecule has 0 aliphatic carbocycles. The molecule has 0 saturated heterocycles. The van der Waals surface area contributed by atoms with E-state index in [1.165, 1.54) is 0 Å². The fourth-order valence-corrected chi connectivity index (χ4v) is 0.666. The van der Waals surface area contributed by atoms with Gasteiger partial charge in [0.15, 0.2) is 0 Å². The standard InChI is InChI=1S/C8H9O2.Bi.3H/c1-9-7-4-3-5-8(6-7)10-2;;;;/h3-5H,1-2H3;;;;. The van der Waals surface area contributed by atoms with Gasteiger partial charge in [-0.25, -0.2) is 0 Å². The number of hydrogen-bond acceptors (Lipinski definition) is 2. The summed E-state index contributed by atoms with van der Waals surface area (Å²) < 4.78 is 9.84. The molecule has 0 amide bonds. The molecule has 0 atom stereocenters. The molecule has 1 rings (SSSR count). The summed E-state index contributed by atoms with van der Waals surface area (Å²) in [7, 11) is 3.20. The maximum absolute atomic E-state index is 4.92. The molecule has 1 aromatic rings. The molecule has 1 aromatic carbocycles. The Morgan fingerprint density at radius 3 is 1.91 bits per heavy atom. The van der Waals surface area contributed by atoms with Crippen molar-refractivity contribution >= 4 is 26.2 Å². The molecule has 0 bridgehead atoms. The second-order valence-electron chi connectivity index (χ2n) is 1.79. The van der Waals surface area contributed by atoms with Gasteiger partial charge in [0.1, 0.15) is 11.5 Å². The molecule has 0 N–H and O–H groups in total. The van der Waals surface area contributed by atoms with E-state index in [4.69, 9.17) is 9.47 Å². The van der Waals surface area contributed by atoms with Gasteiger partial charge >= 0.3 is 26.2 Å². The second kappa shape index (κ2) is 5.37. The van der Waals surface area contributed by atoms with Crippen LogP contribution in [0.15, 0.2) is 18.2 Å². The van der Waals surface area contributed by atoms with Gasteiger partial charge in [-0.3, -0.25) is 0 Å². The number of methoxy groups -OCH3 is 2. The molecule has 0 heterocycles. The molecule has 61 valence electrons. The van der Waals surface area contributed by atoms with Gasteiger partial charge in [0.25, 0.3) is 0 Å². The fraction of sp³-hybridized carbons (Fsp3) is 0.250. The predicted octanol–water partition coefficient (Wildman–Crippen LogP) is 0.320. The van der Waals surface area contributed by atoms with E-state index < -0.39 is 0 Å². The van der Waals surface area contributed by atoms with Gasteiger partial charge < -0.3 is 9.47 Å². The van der Waals surface area contributed by atoms with Crippen LogP contribution in [0.25, 0.3) is 0 Å². The maximum atomic E-state index is 4.92. The molecule has 0 aromatic heterocycles. The third-order valence-corrected chi connectivity index (χ3v) is 1.18. The van der Waals surface area contributed by atoms with Gasteiger partial charge in [-0.05, 0) is 12.1 Å². The monoisotopic (exact) mass is 349 g/mol. The molecule has 0 aliphatic rings. The summed E-state index contributed by atoms with van der Waals surface area (Å²) in [5.74, 6) is 1.39. The Morgan fingerprint density at radius 1 is 1.09 bits per heavy atom. The Labute approximate surface area is 85.6 Å². The van der Waals surface area contributed by atoms with Crippen LogP contribution in [-0.2, 0) is 0 Å². The summed E-state index contributed by atoms with van der Waals surface area (Å²) in [6.07, 6.45) is 0. The molecule has 0 saturated carbocycles. The predicted molar refractivity (Wildman–Crippen MR) is 48.3 cm³/mol. The van der Waals surface area contributed by atoms with Gasteiger partial charge in [-0.1, -0.05) is 6.07 Å². The average Bonchev–Trinajstić information content (AvgIpc) is 2.05. The first kappa shape index (κ1) is 10.7. The van der Waals surface area contributed by atoms with E-state index in [0.717, 1.165) is 0 Å². The summed E-state index contributed by atoms with van der Waals surface area (Å²) in [6, 6.07) is 8.40. The van der Waals surface area contributed by atoms with E-state index in [1.807, 2.05) is 18.2 Å². The van der Waals surface area contributed by atoms with Crippen molar-refractivity contribution in [2.24, 2.45) is 0 Å². The number of benzene rings is 1. The molecule has 3 heteroatoms. The Morgan fingerprint density at radius 2 is 1.55 bits per heavy atom. The van der Waals surface area contributed by atoms with Crippen LogP contribution >= 0.6 is 0 Å². The zero-order chi connectivity index (χ0) is 7.40. The van der Waals surface area contributed by atoms with Crippen molar-refractivity contribution in [3.8, 4) is 11.5 Å². The molecule has 0 aliphatic heterocycles. The quantitative estimate of drug-likeness (QED) is 0.717. The van der Waals surface area contributed by atoms with Crippen molar-refractivity contribution < 1.29 is 9.47 Å². The van der Waals surface area contributed by atoms with E-state index >= 15 is 0 Å². The summed E-state index contributed by atoms with van der Waals surface area (Å²) in [4.78, 5) is 0. The van der Waals surface area contributed by atoms with Crippen molar-refractivity contribution in [3.05, 3.63) is 24.3 Å². The van der Waals surface area contributed by atoms with Crippen LogP contribution in [0.4, 0.5) is 0 Å². The van der Waals surface area contributed by atoms with Gasteiger partial charge in [-0.2, -0.15) is 0 Å². The van der Waals surface area contributed by atoms with Crippen LogP contribution in [0, 0.1) is 6.07 Å². The Hall–Kier alpha value is -0.297. The van der Waals surface area contributed by atoms with Crippen molar-refractivity contribution in [1.82, 2.24) is 0 Å². The van der Waals surface area contributed by atoms with Crippen LogP contribution in [0.5, 0.6) is 11.5 Å². The van der Waals surface area contributed by atoms with Crippen molar-refractivity contribution in [3.63, 3.8) is 0 Å². The minimum atomic E-state index is 0. The molecule has 11 heavy (non-hydrogen) atoms. The first-order valence-electron chi connectivity index (χ1n) is 2.97. The molecule has 2 nitrogen and oxygen atoms in total. The Kier molecular flexibility index (Phi) is 5.22. The zero-order valence-electron chi connectivity index (χ0n) is 6.76. The van der Waals surface area contributed by atoms with Crippen LogP contribution in [0.3, 0.4) is 0 Å². The van der Waals surface area contributed by atoms with E-state index in [9.17, 15) is 0 Å². The fourth-order valence-electron chi connectivity index (χ4n) is 0.666. The van der Waals surface area contributed by atoms with Crippen molar-refractivity contribution in [2.45, 2.75) is 0 Å². The van der Waals surface area contributed by atoms with E-state index in [2.05, 4.69) is 6.07 Å². The number of rotatable bonds is 2. The zero-order valence-corrected chi connectivity index (χ0v) is 12.3. The summed E-state index contributed by atoms with van der Waals surface area (Å²) >= 11 is 0. The van der Waals surface area contributed by atoms with E-state index in [0.29, 0.717) is 11.5 Å². The van der Waals surface area contributed by atoms with Crippen molar-refractivity contribution in [1.29, 1.82) is 0 Å². The summed E-state index contributed by atoms with van der Waals surface area (Å²) in [6.45, 7) is 0. The summed E-state index contributed by atoms with van der Waals surface area (Å²) in [5.41, 5.74) is 0. The Balaban J connectivity index is 0.000001000. The molecular formula is C8H12BiO2. The van der Waals surface area contributed by atoms with Gasteiger partial charge in [0.2, 0.25) is 0 Å². The first-order valence-corrected chi connectivity index (χ1v) is 2.97. The van der Waals surface area contributed by atoms with Crippen LogP contribution in [0.1, 0.15) is 0 Å². The van der Waals surface area contributed by atoms with E-state index in [-0.39, 0.29) is 26.2 Å². The first-order chi connectivity index (χ1) is 4.86. The third kappa shape index (κ3) is 3.07. The second-order valence-corrected chi connectivity index (χ2v) is 1.79. The molecular weight excluding hydrogens is 337 g/mol. The van der Waals surface area contributed by atoms with Crippen LogP contribution in [0.2, 0.25) is 0 Å². The average molecular weight is 349 g/mol. The Bertz CT molecular complexity index is 194. The van der Waals surface area contributed by atoms with Gasteiger partial charge in [-0.15, -0.1) is 0 Å². The number of ether oxygens (including phenoxy) is 2. The third-order valence-electron chi connectivity index (χ3n) is 1.18. The van der Waals surface area contributed by atoms with E-state index in [1.54, 1.807) is 14.2 Å². The van der Waals surface area contributed by atoms with Crippen molar-refractivity contribution in [2.75, 3.05) is 14.2 Å².